The van der Waals surface area contributed by atoms with Crippen LogP contribution in [0.1, 0.15) is 18.4 Å². The first-order valence-corrected chi connectivity index (χ1v) is 5.19. The maximum Gasteiger partial charge on any atom is 0.419 e. The first-order valence-electron chi connectivity index (χ1n) is 5.19. The van der Waals surface area contributed by atoms with Crippen LogP contribution in [-0.4, -0.2) is 11.4 Å². The highest BCUT2D eigenvalue weighted by molar-refractivity contribution is 6.00. The van der Waals surface area contributed by atoms with Crippen molar-refractivity contribution in [2.24, 2.45) is 5.73 Å². The lowest BCUT2D eigenvalue weighted by molar-refractivity contribution is -0.140. The van der Waals surface area contributed by atoms with E-state index in [1.807, 2.05) is 0 Å². The van der Waals surface area contributed by atoms with Gasteiger partial charge in [-0.3, -0.25) is 4.79 Å². The molecule has 1 saturated carbocycles. The van der Waals surface area contributed by atoms with Crippen molar-refractivity contribution in [1.82, 2.24) is 0 Å². The van der Waals surface area contributed by atoms with Gasteiger partial charge in [-0.05, 0) is 31.0 Å². The first kappa shape index (κ1) is 12.8. The number of alkyl halides is 3. The number of hydrogen-bond acceptors (Lipinski definition) is 2. The fraction of sp³-hybridized carbons (Fsp3) is 0.364. The Bertz CT molecular complexity index is 494. The molecule has 0 aliphatic heterocycles. The molecule has 0 saturated heterocycles. The summed E-state index contributed by atoms with van der Waals surface area (Å²) in [5.74, 6) is -1.93. The average molecular weight is 262 g/mol. The third-order valence-corrected chi connectivity index (χ3v) is 2.77. The Morgan fingerprint density at radius 1 is 1.33 bits per heavy atom. The summed E-state index contributed by atoms with van der Waals surface area (Å²) in [5, 5.41) is 2.25. The Kier molecular flexibility index (Phi) is 2.81. The normalized spacial score (nSPS) is 17.4. The molecule has 0 atom stereocenters. The van der Waals surface area contributed by atoms with Crippen LogP contribution in [0.3, 0.4) is 0 Å². The number of benzene rings is 1. The smallest absolute Gasteiger partial charge is 0.324 e. The van der Waals surface area contributed by atoms with Gasteiger partial charge in [-0.15, -0.1) is 0 Å². The molecular formula is C11H10F4N2O. The maximum atomic E-state index is 13.0. The third kappa shape index (κ3) is 2.45. The summed E-state index contributed by atoms with van der Waals surface area (Å²) in [6.45, 7) is 0. The number of amides is 1. The average Bonchev–Trinajstić information content (AvgIpc) is 2.99. The molecular weight excluding hydrogens is 252 g/mol. The molecule has 1 aliphatic carbocycles. The molecule has 0 bridgehead atoms. The molecule has 1 aromatic rings. The fourth-order valence-electron chi connectivity index (χ4n) is 1.44. The van der Waals surface area contributed by atoms with Crippen LogP contribution < -0.4 is 11.1 Å². The zero-order valence-electron chi connectivity index (χ0n) is 9.14. The zero-order valence-corrected chi connectivity index (χ0v) is 9.14. The number of halogens is 4. The molecule has 0 aromatic heterocycles. The molecule has 0 spiro atoms. The minimum atomic E-state index is -4.80. The Balaban J connectivity index is 2.22. The summed E-state index contributed by atoms with van der Waals surface area (Å²) < 4.78 is 50.3. The van der Waals surface area contributed by atoms with Crippen molar-refractivity contribution in [3.63, 3.8) is 0 Å². The van der Waals surface area contributed by atoms with E-state index >= 15 is 0 Å². The standard InChI is InChI=1S/C11H10F4N2O/c12-8-2-1-6(5-7(8)11(13,14)15)17-9(18)10(16)3-4-10/h1-2,5H,3-4,16H2,(H,17,18). The first-order chi connectivity index (χ1) is 8.22. The maximum absolute atomic E-state index is 13.0. The molecule has 7 heteroatoms. The Hall–Kier alpha value is -1.63. The van der Waals surface area contributed by atoms with E-state index in [0.29, 0.717) is 25.0 Å². The van der Waals surface area contributed by atoms with E-state index in [1.165, 1.54) is 0 Å². The van der Waals surface area contributed by atoms with Gasteiger partial charge in [0.15, 0.2) is 0 Å². The summed E-state index contributed by atoms with van der Waals surface area (Å²) in [7, 11) is 0. The van der Waals surface area contributed by atoms with Crippen molar-refractivity contribution in [1.29, 1.82) is 0 Å². The van der Waals surface area contributed by atoms with Crippen LogP contribution in [0.2, 0.25) is 0 Å². The van der Waals surface area contributed by atoms with E-state index in [2.05, 4.69) is 5.32 Å². The molecule has 0 unspecified atom stereocenters. The van der Waals surface area contributed by atoms with Gasteiger partial charge in [-0.25, -0.2) is 4.39 Å². The Labute approximate surface area is 100.0 Å². The van der Waals surface area contributed by atoms with Crippen LogP contribution in [-0.2, 0) is 11.0 Å². The van der Waals surface area contributed by atoms with Crippen molar-refractivity contribution in [2.75, 3.05) is 5.32 Å². The van der Waals surface area contributed by atoms with Crippen molar-refractivity contribution < 1.29 is 22.4 Å². The second-order valence-electron chi connectivity index (χ2n) is 4.30. The monoisotopic (exact) mass is 262 g/mol. The van der Waals surface area contributed by atoms with Crippen LogP contribution in [0, 0.1) is 5.82 Å². The number of nitrogens with one attached hydrogen (secondary N) is 1. The van der Waals surface area contributed by atoms with E-state index in [9.17, 15) is 22.4 Å². The van der Waals surface area contributed by atoms with E-state index in [0.717, 1.165) is 6.07 Å². The van der Waals surface area contributed by atoms with Crippen molar-refractivity contribution in [3.8, 4) is 0 Å². The number of carbonyl (C=O) groups excluding carboxylic acids is 1. The predicted octanol–water partition coefficient (Wildman–Crippen LogP) is 2.27. The molecule has 3 N–H and O–H groups in total. The van der Waals surface area contributed by atoms with Gasteiger partial charge in [0, 0.05) is 5.69 Å². The van der Waals surface area contributed by atoms with Crippen molar-refractivity contribution >= 4 is 11.6 Å². The molecule has 98 valence electrons. The van der Waals surface area contributed by atoms with Crippen LogP contribution in [0.15, 0.2) is 18.2 Å². The summed E-state index contributed by atoms with van der Waals surface area (Å²) in [4.78, 5) is 11.5. The summed E-state index contributed by atoms with van der Waals surface area (Å²) in [6, 6.07) is 2.28. The van der Waals surface area contributed by atoms with E-state index < -0.39 is 29.0 Å². The number of rotatable bonds is 2. The van der Waals surface area contributed by atoms with Crippen molar-refractivity contribution in [3.05, 3.63) is 29.6 Å². The largest absolute Gasteiger partial charge is 0.419 e. The van der Waals surface area contributed by atoms with Crippen LogP contribution in [0.5, 0.6) is 0 Å². The number of anilines is 1. The fourth-order valence-corrected chi connectivity index (χ4v) is 1.44. The molecule has 1 amide bonds. The van der Waals surface area contributed by atoms with Gasteiger partial charge in [0.25, 0.3) is 0 Å². The van der Waals surface area contributed by atoms with E-state index in [4.69, 9.17) is 5.73 Å². The van der Waals surface area contributed by atoms with Gasteiger partial charge in [0.2, 0.25) is 5.91 Å². The highest BCUT2D eigenvalue weighted by atomic mass is 19.4. The second kappa shape index (κ2) is 3.94. The van der Waals surface area contributed by atoms with Crippen molar-refractivity contribution in [2.45, 2.75) is 24.6 Å². The van der Waals surface area contributed by atoms with Crippen LogP contribution in [0.4, 0.5) is 23.2 Å². The lowest BCUT2D eigenvalue weighted by Gasteiger charge is -2.13. The van der Waals surface area contributed by atoms with E-state index in [1.54, 1.807) is 0 Å². The lowest BCUT2D eigenvalue weighted by Crippen LogP contribution is -2.37. The van der Waals surface area contributed by atoms with Gasteiger partial charge in [0.1, 0.15) is 5.82 Å². The molecule has 18 heavy (non-hydrogen) atoms. The minimum absolute atomic E-state index is 0.120. The molecule has 2 rings (SSSR count). The summed E-state index contributed by atoms with van der Waals surface area (Å²) >= 11 is 0. The summed E-state index contributed by atoms with van der Waals surface area (Å²) in [6.07, 6.45) is -3.82. The Morgan fingerprint density at radius 2 is 1.94 bits per heavy atom. The molecule has 1 fully saturated rings. The lowest BCUT2D eigenvalue weighted by atomic mass is 10.1. The van der Waals surface area contributed by atoms with Gasteiger partial charge in [-0.2, -0.15) is 13.2 Å². The minimum Gasteiger partial charge on any atom is -0.324 e. The number of hydrogen-bond donors (Lipinski definition) is 2. The SMILES string of the molecule is NC1(C(=O)Nc2ccc(F)c(C(F)(F)F)c2)CC1. The van der Waals surface area contributed by atoms with Crippen LogP contribution in [0.25, 0.3) is 0 Å². The second-order valence-corrected chi connectivity index (χ2v) is 4.30. The van der Waals surface area contributed by atoms with Gasteiger partial charge in [-0.1, -0.05) is 0 Å². The molecule has 0 radical (unpaired) electrons. The number of carbonyl (C=O) groups is 1. The predicted molar refractivity (Wildman–Crippen MR) is 56.2 cm³/mol. The third-order valence-electron chi connectivity index (χ3n) is 2.77. The molecule has 0 heterocycles. The van der Waals surface area contributed by atoms with E-state index in [-0.39, 0.29) is 5.69 Å². The highest BCUT2D eigenvalue weighted by Gasteiger charge is 2.46. The van der Waals surface area contributed by atoms with Crippen LogP contribution >= 0.6 is 0 Å². The number of nitrogens with two attached hydrogens (primary N) is 1. The van der Waals surface area contributed by atoms with Gasteiger partial charge < -0.3 is 11.1 Å². The van der Waals surface area contributed by atoms with Gasteiger partial charge >= 0.3 is 6.18 Å². The molecule has 3 nitrogen and oxygen atoms in total. The molecule has 1 aliphatic rings. The molecule has 1 aromatic carbocycles. The topological polar surface area (TPSA) is 55.1 Å². The zero-order chi connectivity index (χ0) is 13.6. The quantitative estimate of drug-likeness (QED) is 0.803. The highest BCUT2D eigenvalue weighted by Crippen LogP contribution is 2.35. The Morgan fingerprint density at radius 3 is 2.44 bits per heavy atom. The summed E-state index contributed by atoms with van der Waals surface area (Å²) in [5.41, 5.74) is 3.06. The van der Waals surface area contributed by atoms with Gasteiger partial charge in [0.05, 0.1) is 11.1 Å².